The first-order valence-corrected chi connectivity index (χ1v) is 4.70. The molecule has 0 fully saturated rings. The summed E-state index contributed by atoms with van der Waals surface area (Å²) in [5, 5.41) is 14.0. The highest BCUT2D eigenvalue weighted by molar-refractivity contribution is 7.15. The fraction of sp³-hybridized carbons (Fsp3) is 0.500. The number of anilines is 1. The molecule has 1 rings (SSSR count). The maximum Gasteiger partial charge on any atom is 0.232 e. The smallest absolute Gasteiger partial charge is 0.232 e. The van der Waals surface area contributed by atoms with E-state index in [1.807, 2.05) is 0 Å². The normalized spacial score (nSPS) is 9.40. The van der Waals surface area contributed by atoms with Gasteiger partial charge in [-0.1, -0.05) is 16.5 Å². The molecule has 1 amide bonds. The van der Waals surface area contributed by atoms with Gasteiger partial charge in [0.1, 0.15) is 18.2 Å². The third-order valence-corrected chi connectivity index (χ3v) is 2.07. The van der Waals surface area contributed by atoms with Gasteiger partial charge in [-0.25, -0.2) is 0 Å². The first kappa shape index (κ1) is 11.4. The third-order valence-electron chi connectivity index (χ3n) is 1.26. The van der Waals surface area contributed by atoms with Gasteiger partial charge in [0.15, 0.2) is 0 Å². The van der Waals surface area contributed by atoms with Crippen molar-refractivity contribution in [2.75, 3.05) is 19.0 Å². The van der Waals surface area contributed by atoms with Crippen LogP contribution in [0, 0.1) is 0 Å². The van der Waals surface area contributed by atoms with Crippen LogP contribution in [-0.2, 0) is 16.1 Å². The number of ether oxygens (including phenoxy) is 1. The van der Waals surface area contributed by atoms with E-state index in [1.54, 1.807) is 7.11 Å². The monoisotopic (exact) mass is 228 g/mol. The zero-order chi connectivity index (χ0) is 11.1. The highest BCUT2D eigenvalue weighted by Crippen LogP contribution is 2.15. The lowest BCUT2D eigenvalue weighted by molar-refractivity contribution is -0.114. The highest BCUT2D eigenvalue weighted by atomic mass is 32.1. The van der Waals surface area contributed by atoms with Crippen molar-refractivity contribution in [3.8, 4) is 0 Å². The zero-order valence-corrected chi connectivity index (χ0v) is 8.69. The summed E-state index contributed by atoms with van der Waals surface area (Å²) >= 11 is 1.21. The summed E-state index contributed by atoms with van der Waals surface area (Å²) in [6, 6.07) is 0. The van der Waals surface area contributed by atoms with Crippen LogP contribution in [0.15, 0.2) is 5.11 Å². The van der Waals surface area contributed by atoms with Crippen molar-refractivity contribution < 1.29 is 9.53 Å². The number of methoxy groups -OCH3 is 1. The maximum atomic E-state index is 11.1. The Labute approximate surface area is 88.9 Å². The largest absolute Gasteiger partial charge is 0.377 e. The molecule has 9 heteroatoms. The van der Waals surface area contributed by atoms with Crippen molar-refractivity contribution in [1.29, 1.82) is 0 Å². The molecule has 0 aromatic carbocycles. The average molecular weight is 228 g/mol. The lowest BCUT2D eigenvalue weighted by Crippen LogP contribution is -2.13. The molecule has 1 aromatic heterocycles. The Balaban J connectivity index is 2.49. The van der Waals surface area contributed by atoms with Crippen LogP contribution in [-0.4, -0.2) is 29.8 Å². The molecule has 80 valence electrons. The predicted molar refractivity (Wildman–Crippen MR) is 53.3 cm³/mol. The maximum absolute atomic E-state index is 11.1. The molecule has 1 heterocycles. The lowest BCUT2D eigenvalue weighted by Gasteiger charge is -1.94. The first-order valence-electron chi connectivity index (χ1n) is 3.88. The average Bonchev–Trinajstić information content (AvgIpc) is 2.63. The SMILES string of the molecule is COCc1nnc(NC(=O)CN=[N+]=[N-])s1. The van der Waals surface area contributed by atoms with Crippen molar-refractivity contribution in [3.05, 3.63) is 15.5 Å². The van der Waals surface area contributed by atoms with E-state index in [2.05, 4.69) is 25.5 Å². The van der Waals surface area contributed by atoms with Crippen LogP contribution in [0.5, 0.6) is 0 Å². The van der Waals surface area contributed by atoms with E-state index in [0.717, 1.165) is 0 Å². The van der Waals surface area contributed by atoms with E-state index in [1.165, 1.54) is 11.3 Å². The molecule has 0 unspecified atom stereocenters. The zero-order valence-electron chi connectivity index (χ0n) is 7.88. The molecule has 0 aliphatic carbocycles. The van der Waals surface area contributed by atoms with Crippen molar-refractivity contribution in [2.24, 2.45) is 5.11 Å². The van der Waals surface area contributed by atoms with Crippen molar-refractivity contribution in [1.82, 2.24) is 10.2 Å². The van der Waals surface area contributed by atoms with E-state index in [0.29, 0.717) is 16.7 Å². The number of azide groups is 1. The van der Waals surface area contributed by atoms with Gasteiger partial charge in [-0.05, 0) is 5.53 Å². The van der Waals surface area contributed by atoms with Crippen LogP contribution in [0.3, 0.4) is 0 Å². The fourth-order valence-corrected chi connectivity index (χ4v) is 1.47. The van der Waals surface area contributed by atoms with Crippen LogP contribution in [0.2, 0.25) is 0 Å². The summed E-state index contributed by atoms with van der Waals surface area (Å²) in [6.07, 6.45) is 0. The molecule has 8 nitrogen and oxygen atoms in total. The van der Waals surface area contributed by atoms with E-state index < -0.39 is 5.91 Å². The van der Waals surface area contributed by atoms with E-state index in [9.17, 15) is 4.79 Å². The summed E-state index contributed by atoms with van der Waals surface area (Å²) in [7, 11) is 1.54. The number of carbonyl (C=O) groups is 1. The van der Waals surface area contributed by atoms with Gasteiger partial charge in [-0.3, -0.25) is 4.79 Å². The molecular weight excluding hydrogens is 220 g/mol. The van der Waals surface area contributed by atoms with E-state index in [-0.39, 0.29) is 6.54 Å². The topological polar surface area (TPSA) is 113 Å². The van der Waals surface area contributed by atoms with Gasteiger partial charge in [0.05, 0.1) is 0 Å². The van der Waals surface area contributed by atoms with Crippen LogP contribution in [0.1, 0.15) is 5.01 Å². The second-order valence-corrected chi connectivity index (χ2v) is 3.43. The van der Waals surface area contributed by atoms with Gasteiger partial charge in [0, 0.05) is 12.0 Å². The van der Waals surface area contributed by atoms with Crippen molar-refractivity contribution >= 4 is 22.4 Å². The summed E-state index contributed by atoms with van der Waals surface area (Å²) in [6.45, 7) is 0.0968. The predicted octanol–water partition coefficient (Wildman–Crippen LogP) is 0.933. The molecule has 15 heavy (non-hydrogen) atoms. The Morgan fingerprint density at radius 1 is 1.73 bits per heavy atom. The number of carbonyl (C=O) groups excluding carboxylic acids is 1. The van der Waals surface area contributed by atoms with Gasteiger partial charge >= 0.3 is 0 Å². The molecule has 0 aliphatic rings. The first-order chi connectivity index (χ1) is 7.26. The van der Waals surface area contributed by atoms with Gasteiger partial charge in [-0.2, -0.15) is 0 Å². The number of amides is 1. The quantitative estimate of drug-likeness (QED) is 0.458. The molecule has 0 bridgehead atoms. The van der Waals surface area contributed by atoms with Crippen molar-refractivity contribution in [2.45, 2.75) is 6.61 Å². The molecule has 0 saturated heterocycles. The van der Waals surface area contributed by atoms with E-state index in [4.69, 9.17) is 10.3 Å². The Hall–Kier alpha value is -1.70. The van der Waals surface area contributed by atoms with Crippen LogP contribution < -0.4 is 5.32 Å². The fourth-order valence-electron chi connectivity index (χ4n) is 0.741. The molecule has 0 spiro atoms. The molecule has 0 radical (unpaired) electrons. The molecule has 0 aliphatic heterocycles. The summed E-state index contributed by atoms with van der Waals surface area (Å²) in [4.78, 5) is 13.5. The van der Waals surface area contributed by atoms with Crippen LogP contribution in [0.4, 0.5) is 5.13 Å². The Kier molecular flexibility index (Phi) is 4.48. The molecule has 1 aromatic rings. The van der Waals surface area contributed by atoms with Crippen LogP contribution >= 0.6 is 11.3 Å². The van der Waals surface area contributed by atoms with E-state index >= 15 is 0 Å². The lowest BCUT2D eigenvalue weighted by atomic mass is 10.6. The highest BCUT2D eigenvalue weighted by Gasteiger charge is 2.06. The van der Waals surface area contributed by atoms with Gasteiger partial charge in [0.2, 0.25) is 11.0 Å². The number of nitrogens with one attached hydrogen (secondary N) is 1. The van der Waals surface area contributed by atoms with Crippen molar-refractivity contribution in [3.63, 3.8) is 0 Å². The van der Waals surface area contributed by atoms with Gasteiger partial charge in [-0.15, -0.1) is 10.2 Å². The summed E-state index contributed by atoms with van der Waals surface area (Å²) in [5.41, 5.74) is 7.99. The molecule has 0 atom stereocenters. The minimum absolute atomic E-state index is 0.254. The molecule has 1 N–H and O–H groups in total. The number of nitrogens with zero attached hydrogens (tertiary/aromatic N) is 5. The second-order valence-electron chi connectivity index (χ2n) is 2.37. The second kappa shape index (κ2) is 5.91. The number of rotatable bonds is 5. The number of hydrogen-bond donors (Lipinski definition) is 1. The van der Waals surface area contributed by atoms with Gasteiger partial charge < -0.3 is 10.1 Å². The minimum Gasteiger partial charge on any atom is -0.377 e. The number of aromatic nitrogens is 2. The molecule has 0 saturated carbocycles. The van der Waals surface area contributed by atoms with Gasteiger partial charge in [0.25, 0.3) is 0 Å². The Morgan fingerprint density at radius 2 is 2.53 bits per heavy atom. The number of hydrogen-bond acceptors (Lipinski definition) is 6. The Morgan fingerprint density at radius 3 is 3.20 bits per heavy atom. The molecular formula is C6H8N6O2S. The summed E-state index contributed by atoms with van der Waals surface area (Å²) < 4.78 is 4.84. The minimum atomic E-state index is -0.423. The standard InChI is InChI=1S/C6H8N6O2S/c1-14-3-5-10-11-6(15-5)9-4(13)2-8-12-7/h2-3H2,1H3,(H,9,11,13). The van der Waals surface area contributed by atoms with Crippen LogP contribution in [0.25, 0.3) is 10.4 Å². The third kappa shape index (κ3) is 3.90. The Bertz CT molecular complexity index is 385. The summed E-state index contributed by atoms with van der Waals surface area (Å²) in [5.74, 6) is -0.423.